The Labute approximate surface area is 115 Å². The maximum atomic E-state index is 3.73. The molecule has 2 unspecified atom stereocenters. The normalized spacial score (nSPS) is 24.5. The van der Waals surface area contributed by atoms with Gasteiger partial charge in [-0.3, -0.25) is 4.90 Å². The van der Waals surface area contributed by atoms with Crippen molar-refractivity contribution in [2.45, 2.75) is 72.4 Å². The fourth-order valence-corrected chi connectivity index (χ4v) is 3.39. The Morgan fingerprint density at radius 1 is 1.17 bits per heavy atom. The summed E-state index contributed by atoms with van der Waals surface area (Å²) < 4.78 is 0. The van der Waals surface area contributed by atoms with Gasteiger partial charge in [-0.25, -0.2) is 0 Å². The third-order valence-electron chi connectivity index (χ3n) is 4.57. The van der Waals surface area contributed by atoms with Crippen LogP contribution in [0, 0.1) is 11.8 Å². The van der Waals surface area contributed by atoms with Crippen LogP contribution in [0.25, 0.3) is 0 Å². The fourth-order valence-electron chi connectivity index (χ4n) is 3.39. The highest BCUT2D eigenvalue weighted by Crippen LogP contribution is 2.21. The first-order chi connectivity index (χ1) is 8.58. The van der Waals surface area contributed by atoms with E-state index in [9.17, 15) is 0 Å². The summed E-state index contributed by atoms with van der Waals surface area (Å²) in [5.41, 5.74) is 0. The van der Waals surface area contributed by atoms with Crippen molar-refractivity contribution in [1.29, 1.82) is 0 Å². The van der Waals surface area contributed by atoms with E-state index in [0.29, 0.717) is 6.04 Å². The van der Waals surface area contributed by atoms with Gasteiger partial charge < -0.3 is 5.32 Å². The van der Waals surface area contributed by atoms with Crippen LogP contribution < -0.4 is 5.32 Å². The van der Waals surface area contributed by atoms with Gasteiger partial charge in [-0.15, -0.1) is 0 Å². The first kappa shape index (κ1) is 16.0. The molecule has 2 nitrogen and oxygen atoms in total. The van der Waals surface area contributed by atoms with E-state index < -0.39 is 0 Å². The van der Waals surface area contributed by atoms with Crippen LogP contribution in [-0.2, 0) is 0 Å². The third kappa shape index (κ3) is 4.89. The molecule has 1 rings (SSSR count). The maximum absolute atomic E-state index is 3.73. The largest absolute Gasteiger partial charge is 0.313 e. The summed E-state index contributed by atoms with van der Waals surface area (Å²) in [4.78, 5) is 2.74. The minimum Gasteiger partial charge on any atom is -0.313 e. The molecule has 0 bridgehead atoms. The van der Waals surface area contributed by atoms with Crippen LogP contribution in [0.2, 0.25) is 0 Å². The maximum Gasteiger partial charge on any atom is 0.0197 e. The molecule has 0 radical (unpaired) electrons. The molecule has 2 atom stereocenters. The Balaban J connectivity index is 2.57. The van der Waals surface area contributed by atoms with Crippen LogP contribution in [0.4, 0.5) is 0 Å². The predicted molar refractivity (Wildman–Crippen MR) is 81.0 cm³/mol. The second-order valence-corrected chi connectivity index (χ2v) is 6.45. The van der Waals surface area contributed by atoms with Crippen LogP contribution >= 0.6 is 0 Å². The summed E-state index contributed by atoms with van der Waals surface area (Å²) >= 11 is 0. The number of rotatable bonds is 6. The molecule has 2 heteroatoms. The molecule has 0 saturated carbocycles. The summed E-state index contributed by atoms with van der Waals surface area (Å²) in [5.74, 6) is 1.66. The lowest BCUT2D eigenvalue weighted by Crippen LogP contribution is -2.44. The summed E-state index contributed by atoms with van der Waals surface area (Å²) in [6, 6.07) is 1.44. The first-order valence-electron chi connectivity index (χ1n) is 8.05. The molecule has 0 spiro atoms. The van der Waals surface area contributed by atoms with Crippen molar-refractivity contribution in [3.05, 3.63) is 0 Å². The lowest BCUT2D eigenvalue weighted by Gasteiger charge is -2.35. The second-order valence-electron chi connectivity index (χ2n) is 6.45. The van der Waals surface area contributed by atoms with Crippen LogP contribution in [0.3, 0.4) is 0 Å². The third-order valence-corrected chi connectivity index (χ3v) is 4.57. The Hall–Kier alpha value is -0.0800. The standard InChI is InChI=1S/C16H34N2/c1-6-15(7-2)14(5)18-10-8-9-17-16(12-18)11-13(3)4/h13-17H,6-12H2,1-5H3. The zero-order valence-corrected chi connectivity index (χ0v) is 13.2. The van der Waals surface area contributed by atoms with E-state index in [1.54, 1.807) is 0 Å². The molecule has 0 aliphatic carbocycles. The van der Waals surface area contributed by atoms with Crippen molar-refractivity contribution in [2.24, 2.45) is 11.8 Å². The van der Waals surface area contributed by atoms with Gasteiger partial charge in [-0.05, 0) is 44.7 Å². The average molecular weight is 254 g/mol. The van der Waals surface area contributed by atoms with Gasteiger partial charge in [0, 0.05) is 18.6 Å². The van der Waals surface area contributed by atoms with E-state index in [-0.39, 0.29) is 0 Å². The average Bonchev–Trinajstić information content (AvgIpc) is 2.55. The van der Waals surface area contributed by atoms with Crippen LogP contribution in [0.15, 0.2) is 0 Å². The van der Waals surface area contributed by atoms with Gasteiger partial charge in [0.05, 0.1) is 0 Å². The number of nitrogens with one attached hydrogen (secondary N) is 1. The van der Waals surface area contributed by atoms with E-state index in [4.69, 9.17) is 0 Å². The van der Waals surface area contributed by atoms with Gasteiger partial charge in [0.25, 0.3) is 0 Å². The van der Waals surface area contributed by atoms with Crippen molar-refractivity contribution in [1.82, 2.24) is 10.2 Å². The molecule has 18 heavy (non-hydrogen) atoms. The number of nitrogens with zero attached hydrogens (tertiary/aromatic N) is 1. The molecule has 1 aliphatic rings. The van der Waals surface area contributed by atoms with Crippen LogP contribution in [0.1, 0.15) is 60.3 Å². The van der Waals surface area contributed by atoms with Crippen molar-refractivity contribution in [2.75, 3.05) is 19.6 Å². The molecule has 1 saturated heterocycles. The summed E-state index contributed by atoms with van der Waals surface area (Å²) in [6.45, 7) is 15.5. The lowest BCUT2D eigenvalue weighted by atomic mass is 9.93. The molecule has 1 fully saturated rings. The van der Waals surface area contributed by atoms with Crippen LogP contribution in [0.5, 0.6) is 0 Å². The number of hydrogen-bond donors (Lipinski definition) is 1. The Bertz CT molecular complexity index is 211. The zero-order valence-electron chi connectivity index (χ0n) is 13.2. The predicted octanol–water partition coefficient (Wildman–Crippen LogP) is 3.52. The van der Waals surface area contributed by atoms with Gasteiger partial charge in [-0.1, -0.05) is 40.5 Å². The van der Waals surface area contributed by atoms with E-state index in [0.717, 1.165) is 17.9 Å². The molecular weight excluding hydrogens is 220 g/mol. The Morgan fingerprint density at radius 2 is 1.83 bits per heavy atom. The molecule has 0 aromatic rings. The van der Waals surface area contributed by atoms with Gasteiger partial charge in [0.2, 0.25) is 0 Å². The molecule has 0 amide bonds. The van der Waals surface area contributed by atoms with Gasteiger partial charge in [0.15, 0.2) is 0 Å². The van der Waals surface area contributed by atoms with Crippen molar-refractivity contribution < 1.29 is 0 Å². The van der Waals surface area contributed by atoms with Crippen molar-refractivity contribution in [3.63, 3.8) is 0 Å². The second kappa shape index (κ2) is 8.16. The fraction of sp³-hybridized carbons (Fsp3) is 1.00. The molecule has 1 aliphatic heterocycles. The van der Waals surface area contributed by atoms with E-state index in [1.165, 1.54) is 45.3 Å². The highest BCUT2D eigenvalue weighted by molar-refractivity contribution is 4.82. The van der Waals surface area contributed by atoms with E-state index >= 15 is 0 Å². The highest BCUT2D eigenvalue weighted by atomic mass is 15.2. The number of hydrogen-bond acceptors (Lipinski definition) is 2. The van der Waals surface area contributed by atoms with Gasteiger partial charge >= 0.3 is 0 Å². The van der Waals surface area contributed by atoms with Crippen LogP contribution in [-0.4, -0.2) is 36.6 Å². The molecule has 1 heterocycles. The van der Waals surface area contributed by atoms with Gasteiger partial charge in [-0.2, -0.15) is 0 Å². The van der Waals surface area contributed by atoms with E-state index in [2.05, 4.69) is 44.8 Å². The first-order valence-corrected chi connectivity index (χ1v) is 8.05. The molecule has 1 N–H and O–H groups in total. The lowest BCUT2D eigenvalue weighted by molar-refractivity contribution is 0.142. The minimum absolute atomic E-state index is 0.698. The smallest absolute Gasteiger partial charge is 0.0197 e. The van der Waals surface area contributed by atoms with E-state index in [1.807, 2.05) is 0 Å². The Kier molecular flexibility index (Phi) is 7.25. The zero-order chi connectivity index (χ0) is 13.5. The quantitative estimate of drug-likeness (QED) is 0.780. The topological polar surface area (TPSA) is 15.3 Å². The summed E-state index contributed by atoms with van der Waals surface area (Å²) in [7, 11) is 0. The van der Waals surface area contributed by atoms with Crippen molar-refractivity contribution >= 4 is 0 Å². The molecule has 0 aromatic carbocycles. The van der Waals surface area contributed by atoms with Gasteiger partial charge in [0.1, 0.15) is 0 Å². The molecule has 0 aromatic heterocycles. The minimum atomic E-state index is 0.698. The summed E-state index contributed by atoms with van der Waals surface area (Å²) in [5, 5.41) is 3.73. The monoisotopic (exact) mass is 254 g/mol. The SMILES string of the molecule is CCC(CC)C(C)N1CCCNC(CC(C)C)C1. The summed E-state index contributed by atoms with van der Waals surface area (Å²) in [6.07, 6.45) is 5.25. The Morgan fingerprint density at radius 3 is 2.39 bits per heavy atom. The molecule has 108 valence electrons. The highest BCUT2D eigenvalue weighted by Gasteiger charge is 2.25. The van der Waals surface area contributed by atoms with Crippen molar-refractivity contribution in [3.8, 4) is 0 Å². The molecular formula is C16H34N2.